The van der Waals surface area contributed by atoms with Crippen LogP contribution in [-0.2, 0) is 0 Å². The number of para-hydroxylation sites is 1. The monoisotopic (exact) mass is 427 g/mol. The Morgan fingerprint density at radius 3 is 1.55 bits per heavy atom. The molecule has 0 aliphatic heterocycles. The van der Waals surface area contributed by atoms with Crippen molar-refractivity contribution in [2.45, 2.75) is 13.8 Å². The molecule has 162 valence electrons. The summed E-state index contributed by atoms with van der Waals surface area (Å²) >= 11 is 0. The van der Waals surface area contributed by atoms with E-state index in [-0.39, 0.29) is 0 Å². The lowest BCUT2D eigenvalue weighted by atomic mass is 9.95. The molecule has 0 saturated heterocycles. The number of hydrogen-bond acceptors (Lipinski definition) is 1. The zero-order chi connectivity index (χ0) is 22.9. The molecule has 0 fully saturated rings. The number of anilines is 2. The largest absolute Gasteiger partial charge is 0.311 e. The summed E-state index contributed by atoms with van der Waals surface area (Å²) in [6, 6.07) is 40.4. The topological polar surface area (TPSA) is 3.24 Å². The van der Waals surface area contributed by atoms with Crippen molar-refractivity contribution in [2.24, 2.45) is 0 Å². The van der Waals surface area contributed by atoms with Crippen LogP contribution in [0.2, 0.25) is 0 Å². The second-order valence-electron chi connectivity index (χ2n) is 7.77. The standard InChI is InChI=1S/C32H29N/c1-3-14-29(4-2)33(30-19-12-7-13-20-30)31-23-21-26(22-24-31)25-32(27-15-8-5-9-16-27)28-17-10-6-11-18-28/h3-25H,1-2H3/b14-3-,29-4+. The fraction of sp³-hybridized carbons (Fsp3) is 0.0625. The normalized spacial score (nSPS) is 11.4. The Kier molecular flexibility index (Phi) is 7.35. The van der Waals surface area contributed by atoms with Crippen molar-refractivity contribution in [3.63, 3.8) is 0 Å². The van der Waals surface area contributed by atoms with Crippen molar-refractivity contribution in [1.82, 2.24) is 0 Å². The molecule has 0 amide bonds. The maximum Gasteiger partial charge on any atom is 0.0461 e. The zero-order valence-corrected chi connectivity index (χ0v) is 19.2. The highest BCUT2D eigenvalue weighted by atomic mass is 15.1. The molecule has 0 N–H and O–H groups in total. The Morgan fingerprint density at radius 2 is 1.06 bits per heavy atom. The molecule has 0 bridgehead atoms. The van der Waals surface area contributed by atoms with Crippen LogP contribution >= 0.6 is 0 Å². The van der Waals surface area contributed by atoms with E-state index in [9.17, 15) is 0 Å². The summed E-state index contributed by atoms with van der Waals surface area (Å²) in [5.74, 6) is 0. The van der Waals surface area contributed by atoms with Gasteiger partial charge in [-0.3, -0.25) is 0 Å². The summed E-state index contributed by atoms with van der Waals surface area (Å²) in [6.07, 6.45) is 8.63. The van der Waals surface area contributed by atoms with E-state index in [1.165, 1.54) is 22.3 Å². The maximum absolute atomic E-state index is 2.28. The Balaban J connectivity index is 1.75. The van der Waals surface area contributed by atoms with Crippen LogP contribution in [0, 0.1) is 0 Å². The smallest absolute Gasteiger partial charge is 0.0461 e. The first-order valence-corrected chi connectivity index (χ1v) is 11.4. The molecule has 1 heteroatoms. The van der Waals surface area contributed by atoms with E-state index < -0.39 is 0 Å². The number of hydrogen-bond donors (Lipinski definition) is 0. The zero-order valence-electron chi connectivity index (χ0n) is 19.2. The van der Waals surface area contributed by atoms with E-state index in [4.69, 9.17) is 0 Å². The fourth-order valence-corrected chi connectivity index (χ4v) is 3.95. The van der Waals surface area contributed by atoms with Crippen LogP contribution in [0.4, 0.5) is 11.4 Å². The average Bonchev–Trinajstić information content (AvgIpc) is 2.89. The van der Waals surface area contributed by atoms with Gasteiger partial charge in [0.25, 0.3) is 0 Å². The summed E-state index contributed by atoms with van der Waals surface area (Å²) in [6.45, 7) is 4.13. The predicted molar refractivity (Wildman–Crippen MR) is 143 cm³/mol. The van der Waals surface area contributed by atoms with Gasteiger partial charge in [-0.05, 0) is 72.5 Å². The van der Waals surface area contributed by atoms with Gasteiger partial charge in [0.15, 0.2) is 0 Å². The lowest BCUT2D eigenvalue weighted by Crippen LogP contribution is -2.14. The van der Waals surface area contributed by atoms with E-state index in [1.54, 1.807) is 0 Å². The van der Waals surface area contributed by atoms with Crippen molar-refractivity contribution in [3.8, 4) is 0 Å². The molecule has 0 aliphatic rings. The lowest BCUT2D eigenvalue weighted by molar-refractivity contribution is 1.20. The second-order valence-corrected chi connectivity index (χ2v) is 7.77. The SMILES string of the molecule is C/C=C\C(=C/C)N(c1ccccc1)c1ccc(C=C(c2ccccc2)c2ccccc2)cc1. The first-order chi connectivity index (χ1) is 16.3. The van der Waals surface area contributed by atoms with Gasteiger partial charge >= 0.3 is 0 Å². The number of benzene rings is 4. The summed E-state index contributed by atoms with van der Waals surface area (Å²) in [7, 11) is 0. The van der Waals surface area contributed by atoms with Crippen molar-refractivity contribution in [2.75, 3.05) is 4.90 Å². The van der Waals surface area contributed by atoms with Crippen LogP contribution in [0.15, 0.2) is 139 Å². The van der Waals surface area contributed by atoms with Crippen molar-refractivity contribution >= 4 is 23.0 Å². The van der Waals surface area contributed by atoms with Gasteiger partial charge in [0.2, 0.25) is 0 Å². The summed E-state index contributed by atoms with van der Waals surface area (Å²) in [5, 5.41) is 0. The van der Waals surface area contributed by atoms with Gasteiger partial charge in [0, 0.05) is 17.1 Å². The molecular weight excluding hydrogens is 398 g/mol. The fourth-order valence-electron chi connectivity index (χ4n) is 3.95. The van der Waals surface area contributed by atoms with Crippen LogP contribution < -0.4 is 4.90 Å². The van der Waals surface area contributed by atoms with Gasteiger partial charge in [-0.25, -0.2) is 0 Å². The van der Waals surface area contributed by atoms with Crippen LogP contribution in [0.5, 0.6) is 0 Å². The van der Waals surface area contributed by atoms with Crippen molar-refractivity contribution in [3.05, 3.63) is 156 Å². The Labute approximate surface area is 197 Å². The van der Waals surface area contributed by atoms with E-state index in [1.807, 2.05) is 0 Å². The molecule has 1 nitrogen and oxygen atoms in total. The van der Waals surface area contributed by atoms with Gasteiger partial charge in [-0.1, -0.05) is 103 Å². The molecule has 4 aromatic carbocycles. The molecule has 4 aromatic rings. The van der Waals surface area contributed by atoms with E-state index in [2.05, 4.69) is 158 Å². The highest BCUT2D eigenvalue weighted by molar-refractivity contribution is 5.91. The Hall–Kier alpha value is -4.10. The molecule has 0 saturated carbocycles. The highest BCUT2D eigenvalue weighted by Crippen LogP contribution is 2.32. The third-order valence-corrected chi connectivity index (χ3v) is 5.54. The molecule has 0 heterocycles. The third-order valence-electron chi connectivity index (χ3n) is 5.54. The van der Waals surface area contributed by atoms with Gasteiger partial charge in [0.05, 0.1) is 0 Å². The van der Waals surface area contributed by atoms with Gasteiger partial charge in [-0.2, -0.15) is 0 Å². The van der Waals surface area contributed by atoms with Crippen LogP contribution in [0.25, 0.3) is 11.6 Å². The molecule has 0 aromatic heterocycles. The molecule has 33 heavy (non-hydrogen) atoms. The summed E-state index contributed by atoms with van der Waals surface area (Å²) in [4.78, 5) is 2.28. The summed E-state index contributed by atoms with van der Waals surface area (Å²) < 4.78 is 0. The van der Waals surface area contributed by atoms with E-state index in [0.717, 1.165) is 17.1 Å². The maximum atomic E-state index is 2.28. The van der Waals surface area contributed by atoms with E-state index in [0.29, 0.717) is 0 Å². The molecule has 0 unspecified atom stereocenters. The minimum absolute atomic E-state index is 1.13. The predicted octanol–water partition coefficient (Wildman–Crippen LogP) is 8.89. The molecular formula is C32H29N. The van der Waals surface area contributed by atoms with Gasteiger partial charge in [0.1, 0.15) is 0 Å². The Morgan fingerprint density at radius 1 is 0.576 bits per heavy atom. The van der Waals surface area contributed by atoms with Crippen molar-refractivity contribution in [1.29, 1.82) is 0 Å². The van der Waals surface area contributed by atoms with E-state index >= 15 is 0 Å². The van der Waals surface area contributed by atoms with Crippen LogP contribution in [0.1, 0.15) is 30.5 Å². The van der Waals surface area contributed by atoms with Gasteiger partial charge < -0.3 is 4.90 Å². The number of allylic oxidation sites excluding steroid dienone is 3. The van der Waals surface area contributed by atoms with Crippen LogP contribution in [-0.4, -0.2) is 0 Å². The molecule has 0 aliphatic carbocycles. The highest BCUT2D eigenvalue weighted by Gasteiger charge is 2.12. The minimum atomic E-state index is 1.13. The summed E-state index contributed by atoms with van der Waals surface area (Å²) in [5.41, 5.74) is 8.22. The quantitative estimate of drug-likeness (QED) is 0.210. The van der Waals surface area contributed by atoms with Crippen LogP contribution in [0.3, 0.4) is 0 Å². The third kappa shape index (κ3) is 5.39. The molecule has 0 atom stereocenters. The lowest BCUT2D eigenvalue weighted by Gasteiger charge is -2.26. The second kappa shape index (κ2) is 11.0. The minimum Gasteiger partial charge on any atom is -0.311 e. The molecule has 4 rings (SSSR count). The number of rotatable bonds is 7. The molecule has 0 spiro atoms. The average molecular weight is 428 g/mol. The molecule has 0 radical (unpaired) electrons. The Bertz CT molecular complexity index is 1190. The first-order valence-electron chi connectivity index (χ1n) is 11.4. The number of nitrogens with zero attached hydrogens (tertiary/aromatic N) is 1. The van der Waals surface area contributed by atoms with Gasteiger partial charge in [-0.15, -0.1) is 0 Å². The first kappa shape index (κ1) is 22.1. The van der Waals surface area contributed by atoms with Crippen molar-refractivity contribution < 1.29 is 0 Å².